The van der Waals surface area contributed by atoms with Gasteiger partial charge in [-0.25, -0.2) is 0 Å². The summed E-state index contributed by atoms with van der Waals surface area (Å²) in [5.74, 6) is 0.926. The largest absolute Gasteiger partial charge is 0.394 e. The van der Waals surface area contributed by atoms with E-state index in [1.807, 2.05) is 0 Å². The van der Waals surface area contributed by atoms with Crippen molar-refractivity contribution in [3.8, 4) is 0 Å². The molecule has 0 aromatic carbocycles. The molecule has 3 rings (SSSR count). The number of aliphatic hydroxyl groups is 1. The van der Waals surface area contributed by atoms with Crippen LogP contribution in [0.4, 0.5) is 0 Å². The second-order valence-corrected chi connectivity index (χ2v) is 6.90. The number of nitrogens with one attached hydrogen (secondary N) is 2. The van der Waals surface area contributed by atoms with Crippen molar-refractivity contribution in [2.75, 3.05) is 13.2 Å². The van der Waals surface area contributed by atoms with Crippen molar-refractivity contribution in [2.45, 2.75) is 63.2 Å². The van der Waals surface area contributed by atoms with Crippen LogP contribution in [0, 0.1) is 11.8 Å². The molecule has 3 N–H and O–H groups in total. The van der Waals surface area contributed by atoms with Gasteiger partial charge in [-0.05, 0) is 44.4 Å². The summed E-state index contributed by atoms with van der Waals surface area (Å²) < 4.78 is 5.82. The molecule has 0 aromatic heterocycles. The van der Waals surface area contributed by atoms with Gasteiger partial charge in [0.2, 0.25) is 11.8 Å². The van der Waals surface area contributed by atoms with Crippen molar-refractivity contribution in [2.24, 2.45) is 11.8 Å². The van der Waals surface area contributed by atoms with E-state index in [1.54, 1.807) is 0 Å². The van der Waals surface area contributed by atoms with Crippen LogP contribution in [0.15, 0.2) is 0 Å². The molecule has 0 radical (unpaired) electrons. The molecule has 2 aliphatic carbocycles. The van der Waals surface area contributed by atoms with Crippen LogP contribution in [0.2, 0.25) is 0 Å². The van der Waals surface area contributed by atoms with E-state index in [-0.39, 0.29) is 36.5 Å². The Kier molecular flexibility index (Phi) is 4.98. The maximum Gasteiger partial charge on any atom is 0.223 e. The van der Waals surface area contributed by atoms with Gasteiger partial charge in [0, 0.05) is 12.5 Å². The first-order valence-corrected chi connectivity index (χ1v) is 8.49. The van der Waals surface area contributed by atoms with Crippen LogP contribution < -0.4 is 10.6 Å². The predicted octanol–water partition coefficient (Wildman–Crippen LogP) is 0.337. The minimum Gasteiger partial charge on any atom is -0.394 e. The van der Waals surface area contributed by atoms with E-state index in [1.165, 1.54) is 12.8 Å². The molecule has 6 nitrogen and oxygen atoms in total. The molecule has 3 fully saturated rings. The molecule has 22 heavy (non-hydrogen) atoms. The third-order valence-electron chi connectivity index (χ3n) is 4.77. The molecule has 1 saturated heterocycles. The minimum atomic E-state index is -0.405. The molecule has 1 heterocycles. The molecule has 3 atom stereocenters. The normalized spacial score (nSPS) is 31.6. The van der Waals surface area contributed by atoms with Gasteiger partial charge in [0.05, 0.1) is 25.2 Å². The summed E-state index contributed by atoms with van der Waals surface area (Å²) in [5.41, 5.74) is 0. The highest BCUT2D eigenvalue weighted by atomic mass is 16.5. The average Bonchev–Trinajstić information content (AvgIpc) is 3.40. The summed E-state index contributed by atoms with van der Waals surface area (Å²) in [6.07, 6.45) is 5.63. The van der Waals surface area contributed by atoms with Gasteiger partial charge >= 0.3 is 0 Å². The Morgan fingerprint density at radius 3 is 2.50 bits per heavy atom. The maximum atomic E-state index is 11.9. The second-order valence-electron chi connectivity index (χ2n) is 6.90. The summed E-state index contributed by atoms with van der Waals surface area (Å²) in [4.78, 5) is 23.7. The lowest BCUT2D eigenvalue weighted by Gasteiger charge is -2.36. The van der Waals surface area contributed by atoms with Crippen molar-refractivity contribution >= 4 is 11.8 Å². The van der Waals surface area contributed by atoms with E-state index in [2.05, 4.69) is 10.6 Å². The molecule has 2 saturated carbocycles. The topological polar surface area (TPSA) is 87.7 Å². The van der Waals surface area contributed by atoms with E-state index in [4.69, 9.17) is 4.74 Å². The van der Waals surface area contributed by atoms with E-state index in [0.29, 0.717) is 12.3 Å². The Balaban J connectivity index is 1.41. The molecule has 124 valence electrons. The van der Waals surface area contributed by atoms with Gasteiger partial charge in [0.1, 0.15) is 6.10 Å². The van der Waals surface area contributed by atoms with Gasteiger partial charge in [-0.3, -0.25) is 9.59 Å². The fourth-order valence-corrected chi connectivity index (χ4v) is 2.95. The zero-order chi connectivity index (χ0) is 15.5. The smallest absolute Gasteiger partial charge is 0.223 e. The van der Waals surface area contributed by atoms with Crippen LogP contribution in [0.25, 0.3) is 0 Å². The number of hydrogen-bond donors (Lipinski definition) is 3. The lowest BCUT2D eigenvalue weighted by atomic mass is 9.96. The Labute approximate surface area is 131 Å². The molecule has 0 bridgehead atoms. The third kappa shape index (κ3) is 4.43. The van der Waals surface area contributed by atoms with Crippen LogP contribution in [0.5, 0.6) is 0 Å². The molecule has 2 amide bonds. The third-order valence-corrected chi connectivity index (χ3v) is 4.77. The van der Waals surface area contributed by atoms with Gasteiger partial charge in [-0.2, -0.15) is 0 Å². The SMILES string of the molecule is O=C(C[C@@H]1CC[C@H](NC(=O)C2CC2)[C@@H](CO)O1)NCC1CC1. The molecule has 1 aliphatic heterocycles. The van der Waals surface area contributed by atoms with Crippen LogP contribution in [0.1, 0.15) is 44.9 Å². The first-order valence-electron chi connectivity index (χ1n) is 8.49. The van der Waals surface area contributed by atoms with Crippen molar-refractivity contribution in [3.63, 3.8) is 0 Å². The molecule has 3 aliphatic rings. The van der Waals surface area contributed by atoms with E-state index in [9.17, 15) is 14.7 Å². The minimum absolute atomic E-state index is 0.0223. The van der Waals surface area contributed by atoms with Gasteiger partial charge in [0.15, 0.2) is 0 Å². The quantitative estimate of drug-likeness (QED) is 0.633. The number of rotatable bonds is 7. The summed E-state index contributed by atoms with van der Waals surface area (Å²) in [6, 6.07) is -0.135. The highest BCUT2D eigenvalue weighted by Crippen LogP contribution is 2.30. The van der Waals surface area contributed by atoms with Crippen LogP contribution in [-0.2, 0) is 14.3 Å². The first kappa shape index (κ1) is 15.7. The van der Waals surface area contributed by atoms with Crippen molar-refractivity contribution in [3.05, 3.63) is 0 Å². The number of ether oxygens (including phenoxy) is 1. The number of aliphatic hydroxyl groups excluding tert-OH is 1. The zero-order valence-electron chi connectivity index (χ0n) is 12.9. The van der Waals surface area contributed by atoms with Gasteiger partial charge < -0.3 is 20.5 Å². The molecule has 0 aromatic rings. The fourth-order valence-electron chi connectivity index (χ4n) is 2.95. The van der Waals surface area contributed by atoms with Gasteiger partial charge in [-0.1, -0.05) is 0 Å². The lowest BCUT2D eigenvalue weighted by Crippen LogP contribution is -2.51. The Morgan fingerprint density at radius 1 is 1.09 bits per heavy atom. The highest BCUT2D eigenvalue weighted by Gasteiger charge is 2.36. The second kappa shape index (κ2) is 6.96. The van der Waals surface area contributed by atoms with Gasteiger partial charge in [0.25, 0.3) is 0 Å². The molecular formula is C16H26N2O4. The predicted molar refractivity (Wildman–Crippen MR) is 80.0 cm³/mol. The maximum absolute atomic E-state index is 11.9. The lowest BCUT2D eigenvalue weighted by molar-refractivity contribution is -0.136. The molecule has 0 unspecified atom stereocenters. The van der Waals surface area contributed by atoms with E-state index < -0.39 is 6.10 Å². The molecule has 0 spiro atoms. The van der Waals surface area contributed by atoms with Crippen molar-refractivity contribution in [1.29, 1.82) is 0 Å². The standard InChI is InChI=1S/C16H26N2O4/c19-9-14-13(18-16(21)11-3-4-11)6-5-12(22-14)7-15(20)17-8-10-1-2-10/h10-14,19H,1-9H2,(H,17,20)(H,18,21)/t12-,13-,14+/m0/s1. The Hall–Kier alpha value is -1.14. The fraction of sp³-hybridized carbons (Fsp3) is 0.875. The zero-order valence-corrected chi connectivity index (χ0v) is 12.9. The van der Waals surface area contributed by atoms with Crippen LogP contribution in [-0.4, -0.2) is 48.3 Å². The number of hydrogen-bond acceptors (Lipinski definition) is 4. The Morgan fingerprint density at radius 2 is 1.86 bits per heavy atom. The summed E-state index contributed by atoms with van der Waals surface area (Å²) >= 11 is 0. The van der Waals surface area contributed by atoms with E-state index >= 15 is 0 Å². The highest BCUT2D eigenvalue weighted by molar-refractivity contribution is 5.81. The summed E-state index contributed by atoms with van der Waals surface area (Å²) in [7, 11) is 0. The Bertz CT molecular complexity index is 420. The average molecular weight is 310 g/mol. The van der Waals surface area contributed by atoms with Crippen molar-refractivity contribution in [1.82, 2.24) is 10.6 Å². The molecular weight excluding hydrogens is 284 g/mol. The van der Waals surface area contributed by atoms with Crippen LogP contribution >= 0.6 is 0 Å². The monoisotopic (exact) mass is 310 g/mol. The van der Waals surface area contributed by atoms with Crippen LogP contribution in [0.3, 0.4) is 0 Å². The number of carbonyl (C=O) groups is 2. The summed E-state index contributed by atoms with van der Waals surface area (Å²) in [5, 5.41) is 15.4. The first-order chi connectivity index (χ1) is 10.7. The number of carbonyl (C=O) groups excluding carboxylic acids is 2. The van der Waals surface area contributed by atoms with Gasteiger partial charge in [-0.15, -0.1) is 0 Å². The van der Waals surface area contributed by atoms with Crippen molar-refractivity contribution < 1.29 is 19.4 Å². The summed E-state index contributed by atoms with van der Waals surface area (Å²) in [6.45, 7) is 0.644. The number of amides is 2. The molecule has 6 heteroatoms. The van der Waals surface area contributed by atoms with E-state index in [0.717, 1.165) is 32.2 Å².